The number of aromatic nitrogens is 5. The Morgan fingerprint density at radius 3 is 2.60 bits per heavy atom. The third kappa shape index (κ3) is 6.53. The topological polar surface area (TPSA) is 107 Å². The zero-order valence-corrected chi connectivity index (χ0v) is 23.2. The van der Waals surface area contributed by atoms with Crippen LogP contribution in [0.25, 0.3) is 10.9 Å². The molecule has 0 saturated carbocycles. The molecule has 4 heterocycles. The molecule has 10 nitrogen and oxygen atoms in total. The second kappa shape index (κ2) is 11.5. The van der Waals surface area contributed by atoms with E-state index in [1.807, 2.05) is 39.0 Å². The summed E-state index contributed by atoms with van der Waals surface area (Å²) in [5, 5.41) is 7.63. The van der Waals surface area contributed by atoms with E-state index < -0.39 is 11.7 Å². The molecule has 11 heteroatoms. The number of rotatable bonds is 8. The number of carbonyl (C=O) groups excluding carboxylic acids is 1. The van der Waals surface area contributed by atoms with Crippen molar-refractivity contribution in [2.45, 2.75) is 58.6 Å². The van der Waals surface area contributed by atoms with Gasteiger partial charge in [-0.05, 0) is 58.4 Å². The first kappa shape index (κ1) is 27.4. The molecule has 0 spiro atoms. The van der Waals surface area contributed by atoms with Gasteiger partial charge >= 0.3 is 0 Å². The fraction of sp³-hybridized carbons (Fsp3) is 0.414. The van der Waals surface area contributed by atoms with Crippen LogP contribution in [0.1, 0.15) is 46.2 Å². The van der Waals surface area contributed by atoms with Gasteiger partial charge < -0.3 is 19.7 Å². The monoisotopic (exact) mass is 547 g/mol. The molecular formula is C29H34FN7O3. The molecular weight excluding hydrogens is 513 g/mol. The standard InChI is InChI=1S/C29H34FN7O3/c1-5-36-10-8-20(9-11-36)39-21-6-7-25-23(12-21)28(33-18-32-25)40-22-13-24(30)26(31-16-22)14-27(38)35-19-15-34-37(17-19)29(2,3)4/h6-7,12-13,15-18,20H,5,8-11,14H2,1-4H3,(H,35,38). The summed E-state index contributed by atoms with van der Waals surface area (Å²) in [6, 6.07) is 6.79. The molecule has 4 aromatic rings. The van der Waals surface area contributed by atoms with E-state index in [9.17, 15) is 9.18 Å². The van der Waals surface area contributed by atoms with Crippen LogP contribution in [-0.2, 0) is 16.8 Å². The second-order valence-corrected chi connectivity index (χ2v) is 10.9. The maximum atomic E-state index is 14.9. The van der Waals surface area contributed by atoms with E-state index in [1.54, 1.807) is 17.1 Å². The van der Waals surface area contributed by atoms with Crippen LogP contribution >= 0.6 is 0 Å². The van der Waals surface area contributed by atoms with Crippen molar-refractivity contribution < 1.29 is 18.7 Å². The van der Waals surface area contributed by atoms with Crippen LogP contribution in [-0.4, -0.2) is 61.3 Å². The smallest absolute Gasteiger partial charge is 0.230 e. The van der Waals surface area contributed by atoms with Gasteiger partial charge in [0.05, 0.1) is 46.6 Å². The number of halogens is 1. The predicted octanol–water partition coefficient (Wildman–Crippen LogP) is 4.95. The van der Waals surface area contributed by atoms with Crippen LogP contribution in [0.5, 0.6) is 17.4 Å². The maximum Gasteiger partial charge on any atom is 0.230 e. The molecule has 210 valence electrons. The van der Waals surface area contributed by atoms with Crippen LogP contribution in [0.2, 0.25) is 0 Å². The Kier molecular flexibility index (Phi) is 7.92. The Hall–Kier alpha value is -4.12. The summed E-state index contributed by atoms with van der Waals surface area (Å²) in [7, 11) is 0. The van der Waals surface area contributed by atoms with Gasteiger partial charge in [-0.3, -0.25) is 14.5 Å². The first-order valence-electron chi connectivity index (χ1n) is 13.5. The van der Waals surface area contributed by atoms with Crippen LogP contribution in [0, 0.1) is 5.82 Å². The minimum Gasteiger partial charge on any atom is -0.490 e. The van der Waals surface area contributed by atoms with E-state index in [-0.39, 0.29) is 35.4 Å². The highest BCUT2D eigenvalue weighted by Crippen LogP contribution is 2.31. The summed E-state index contributed by atoms with van der Waals surface area (Å²) in [4.78, 5) is 27.6. The fourth-order valence-corrected chi connectivity index (χ4v) is 4.56. The lowest BCUT2D eigenvalue weighted by Gasteiger charge is -2.31. The van der Waals surface area contributed by atoms with Gasteiger partial charge in [0.2, 0.25) is 11.8 Å². The van der Waals surface area contributed by atoms with Crippen molar-refractivity contribution in [3.05, 3.63) is 60.7 Å². The number of hydrogen-bond acceptors (Lipinski definition) is 8. The maximum absolute atomic E-state index is 14.9. The molecule has 5 rings (SSSR count). The highest BCUT2D eigenvalue weighted by Gasteiger charge is 2.20. The zero-order valence-electron chi connectivity index (χ0n) is 23.2. The molecule has 1 fully saturated rings. The number of ether oxygens (including phenoxy) is 2. The third-order valence-corrected chi connectivity index (χ3v) is 6.84. The van der Waals surface area contributed by atoms with Gasteiger partial charge in [0, 0.05) is 25.4 Å². The number of anilines is 1. The summed E-state index contributed by atoms with van der Waals surface area (Å²) >= 11 is 0. The molecule has 1 amide bonds. The van der Waals surface area contributed by atoms with Crippen molar-refractivity contribution in [3.63, 3.8) is 0 Å². The first-order valence-corrected chi connectivity index (χ1v) is 13.5. The second-order valence-electron chi connectivity index (χ2n) is 10.9. The number of carbonyl (C=O) groups is 1. The summed E-state index contributed by atoms with van der Waals surface area (Å²) in [6.45, 7) is 11.3. The Bertz CT molecular complexity index is 1490. The van der Waals surface area contributed by atoms with E-state index in [0.717, 1.165) is 32.5 Å². The normalized spacial score (nSPS) is 14.8. The number of benzene rings is 1. The predicted molar refractivity (Wildman–Crippen MR) is 149 cm³/mol. The number of hydrogen-bond donors (Lipinski definition) is 1. The van der Waals surface area contributed by atoms with E-state index in [1.165, 1.54) is 18.6 Å². The first-order chi connectivity index (χ1) is 19.2. The van der Waals surface area contributed by atoms with Crippen molar-refractivity contribution >= 4 is 22.5 Å². The fourth-order valence-electron chi connectivity index (χ4n) is 4.56. The third-order valence-electron chi connectivity index (χ3n) is 6.84. The van der Waals surface area contributed by atoms with Gasteiger partial charge in [0.1, 0.15) is 24.0 Å². The average Bonchev–Trinajstić information content (AvgIpc) is 3.40. The average molecular weight is 548 g/mol. The van der Waals surface area contributed by atoms with Crippen molar-refractivity contribution in [2.75, 3.05) is 25.0 Å². The van der Waals surface area contributed by atoms with E-state index >= 15 is 0 Å². The molecule has 1 aliphatic heterocycles. The number of nitrogens with zero attached hydrogens (tertiary/aromatic N) is 6. The molecule has 0 bridgehead atoms. The van der Waals surface area contributed by atoms with Crippen LogP contribution < -0.4 is 14.8 Å². The van der Waals surface area contributed by atoms with Crippen LogP contribution in [0.4, 0.5) is 10.1 Å². The number of piperidine rings is 1. The molecule has 1 aromatic carbocycles. The zero-order chi connectivity index (χ0) is 28.3. The molecule has 1 N–H and O–H groups in total. The number of pyridine rings is 1. The molecule has 0 aliphatic carbocycles. The highest BCUT2D eigenvalue weighted by molar-refractivity contribution is 5.91. The molecule has 0 radical (unpaired) electrons. The van der Waals surface area contributed by atoms with Crippen molar-refractivity contribution in [3.8, 4) is 17.4 Å². The van der Waals surface area contributed by atoms with E-state index in [0.29, 0.717) is 22.3 Å². The lowest BCUT2D eigenvalue weighted by atomic mass is 10.1. The van der Waals surface area contributed by atoms with Gasteiger partial charge in [-0.2, -0.15) is 5.10 Å². The Morgan fingerprint density at radius 2 is 1.90 bits per heavy atom. The van der Waals surface area contributed by atoms with Gasteiger partial charge in [0.15, 0.2) is 5.75 Å². The molecule has 1 aliphatic rings. The highest BCUT2D eigenvalue weighted by atomic mass is 19.1. The largest absolute Gasteiger partial charge is 0.490 e. The number of nitrogens with one attached hydrogen (secondary N) is 1. The Morgan fingerprint density at radius 1 is 1.10 bits per heavy atom. The summed E-state index contributed by atoms with van der Waals surface area (Å²) in [5.41, 5.74) is 0.994. The van der Waals surface area contributed by atoms with E-state index in [2.05, 4.69) is 37.2 Å². The number of fused-ring (bicyclic) bond motifs is 1. The van der Waals surface area contributed by atoms with Crippen molar-refractivity contribution in [1.82, 2.24) is 29.6 Å². The van der Waals surface area contributed by atoms with Crippen molar-refractivity contribution in [1.29, 1.82) is 0 Å². The summed E-state index contributed by atoms with van der Waals surface area (Å²) in [5.74, 6) is 0.0769. The Balaban J connectivity index is 1.25. The van der Waals surface area contributed by atoms with Crippen LogP contribution in [0.15, 0.2) is 49.2 Å². The van der Waals surface area contributed by atoms with Gasteiger partial charge in [-0.1, -0.05) is 6.92 Å². The van der Waals surface area contributed by atoms with E-state index in [4.69, 9.17) is 9.47 Å². The lowest BCUT2D eigenvalue weighted by Crippen LogP contribution is -2.37. The SMILES string of the molecule is CCN1CCC(Oc2ccc3ncnc(Oc4cnc(CC(=O)Nc5cnn(C(C)(C)C)c5)c(F)c4)c3c2)CC1. The molecule has 40 heavy (non-hydrogen) atoms. The molecule has 0 unspecified atom stereocenters. The number of likely N-dealkylation sites (tertiary alicyclic amines) is 1. The van der Waals surface area contributed by atoms with Crippen molar-refractivity contribution in [2.24, 2.45) is 0 Å². The minimum atomic E-state index is -0.654. The Labute approximate surface area is 232 Å². The quantitative estimate of drug-likeness (QED) is 0.330. The molecule has 1 saturated heterocycles. The van der Waals surface area contributed by atoms with Gasteiger partial charge in [-0.15, -0.1) is 0 Å². The van der Waals surface area contributed by atoms with Crippen LogP contribution in [0.3, 0.4) is 0 Å². The number of amides is 1. The summed E-state index contributed by atoms with van der Waals surface area (Å²) in [6.07, 6.45) is 7.90. The minimum absolute atomic E-state index is 0.00501. The lowest BCUT2D eigenvalue weighted by molar-refractivity contribution is -0.115. The van der Waals surface area contributed by atoms with Gasteiger partial charge in [-0.25, -0.2) is 14.4 Å². The molecule has 0 atom stereocenters. The summed E-state index contributed by atoms with van der Waals surface area (Å²) < 4.78 is 28.8. The molecule has 3 aromatic heterocycles. The van der Waals surface area contributed by atoms with Gasteiger partial charge in [0.25, 0.3) is 0 Å².